The number of carbonyl (C=O) groups excluding carboxylic acids is 3. The molecule has 11 heteroatoms. The lowest BCUT2D eigenvalue weighted by atomic mass is 9.86. The summed E-state index contributed by atoms with van der Waals surface area (Å²) in [4.78, 5) is 37.6. The summed E-state index contributed by atoms with van der Waals surface area (Å²) in [5, 5.41) is 19.1. The van der Waals surface area contributed by atoms with Gasteiger partial charge >= 0.3 is 5.97 Å². The minimum absolute atomic E-state index is 0.0146. The van der Waals surface area contributed by atoms with Crippen molar-refractivity contribution in [3.05, 3.63) is 71.2 Å². The van der Waals surface area contributed by atoms with Gasteiger partial charge in [-0.25, -0.2) is 4.79 Å². The molecule has 0 saturated carbocycles. The first-order valence-electron chi connectivity index (χ1n) is 15.2. The molecule has 252 valence electrons. The highest BCUT2D eigenvalue weighted by Gasteiger charge is 2.32. The van der Waals surface area contributed by atoms with Gasteiger partial charge in [-0.2, -0.15) is 0 Å². The van der Waals surface area contributed by atoms with Crippen LogP contribution < -0.4 is 16.0 Å². The molecule has 0 fully saturated rings. The molecule has 0 bridgehead atoms. The predicted octanol–water partition coefficient (Wildman–Crippen LogP) is 5.27. The van der Waals surface area contributed by atoms with Crippen molar-refractivity contribution in [2.45, 2.75) is 105 Å². The zero-order chi connectivity index (χ0) is 34.2. The monoisotopic (exact) mass is 649 g/mol. The molecule has 10 nitrogen and oxygen atoms in total. The number of carbonyl (C=O) groups is 3. The molecule has 0 aliphatic carbocycles. The molecule has 0 aromatic rings. The maximum Gasteiger partial charge on any atom is 0.373 e. The molecule has 0 spiro atoms. The molecule has 1 aliphatic heterocycles. The SMILES string of the molecule is COC1=CCC(C(C)/C=C(C)/C=C/C=C/C(=O)NC(C(=O)N/C=C\CC(C/C=C(\C)Cl)OC(O)NC(C)C)C(C)(C)C)OC1=O. The number of amides is 2. The van der Waals surface area contributed by atoms with Crippen LogP contribution in [0.5, 0.6) is 0 Å². The van der Waals surface area contributed by atoms with Gasteiger partial charge in [0.05, 0.1) is 13.2 Å². The first-order valence-corrected chi connectivity index (χ1v) is 15.6. The van der Waals surface area contributed by atoms with E-state index in [0.29, 0.717) is 24.3 Å². The summed E-state index contributed by atoms with van der Waals surface area (Å²) in [6.45, 7) is 15.0. The van der Waals surface area contributed by atoms with E-state index in [1.165, 1.54) is 19.4 Å². The number of hydrogen-bond donors (Lipinski definition) is 4. The van der Waals surface area contributed by atoms with E-state index in [4.69, 9.17) is 25.8 Å². The van der Waals surface area contributed by atoms with E-state index in [-0.39, 0.29) is 35.8 Å². The van der Waals surface area contributed by atoms with Crippen LogP contribution in [0.2, 0.25) is 0 Å². The molecular formula is C34H52ClN3O7. The van der Waals surface area contributed by atoms with Crippen LogP contribution in [0.1, 0.15) is 74.7 Å². The second-order valence-electron chi connectivity index (χ2n) is 12.4. The number of halogens is 1. The molecule has 0 saturated heterocycles. The van der Waals surface area contributed by atoms with E-state index in [1.54, 1.807) is 37.3 Å². The Morgan fingerprint density at radius 2 is 1.82 bits per heavy atom. The summed E-state index contributed by atoms with van der Waals surface area (Å²) < 4.78 is 16.1. The fourth-order valence-electron chi connectivity index (χ4n) is 4.28. The zero-order valence-electron chi connectivity index (χ0n) is 28.1. The van der Waals surface area contributed by atoms with E-state index in [2.05, 4.69) is 16.0 Å². The second kappa shape index (κ2) is 20.0. The number of allylic oxidation sites excluding steroid dienone is 5. The number of aliphatic hydroxyl groups is 1. The topological polar surface area (TPSA) is 135 Å². The lowest BCUT2D eigenvalue weighted by Crippen LogP contribution is -2.52. The molecule has 0 radical (unpaired) electrons. The van der Waals surface area contributed by atoms with E-state index in [1.807, 2.05) is 60.6 Å². The lowest BCUT2D eigenvalue weighted by molar-refractivity contribution is -0.155. The minimum Gasteiger partial charge on any atom is -0.490 e. The molecule has 45 heavy (non-hydrogen) atoms. The van der Waals surface area contributed by atoms with Crippen LogP contribution in [0, 0.1) is 11.3 Å². The second-order valence-corrected chi connectivity index (χ2v) is 12.9. The highest BCUT2D eigenvalue weighted by molar-refractivity contribution is 6.29. The molecular weight excluding hydrogens is 598 g/mol. The van der Waals surface area contributed by atoms with Crippen molar-refractivity contribution in [2.24, 2.45) is 11.3 Å². The Bertz CT molecular complexity index is 1160. The average molecular weight is 650 g/mol. The Kier molecular flexibility index (Phi) is 17.8. The summed E-state index contributed by atoms with van der Waals surface area (Å²) in [7, 11) is 1.44. The van der Waals surface area contributed by atoms with E-state index in [9.17, 15) is 19.5 Å². The maximum atomic E-state index is 13.0. The number of nitrogens with one attached hydrogen (secondary N) is 3. The Morgan fingerprint density at radius 1 is 1.16 bits per heavy atom. The number of ether oxygens (including phenoxy) is 3. The molecule has 1 aliphatic rings. The fraction of sp³-hybridized carbons (Fsp3) is 0.559. The van der Waals surface area contributed by atoms with E-state index >= 15 is 0 Å². The Balaban J connectivity index is 2.73. The summed E-state index contributed by atoms with van der Waals surface area (Å²) >= 11 is 5.96. The van der Waals surface area contributed by atoms with E-state index in [0.717, 1.165) is 5.57 Å². The maximum absolute atomic E-state index is 13.0. The normalized spacial score (nSPS) is 19.4. The molecule has 0 aromatic heterocycles. The summed E-state index contributed by atoms with van der Waals surface area (Å²) in [6, 6.07) is -0.770. The number of rotatable bonds is 17. The third-order valence-electron chi connectivity index (χ3n) is 6.66. The van der Waals surface area contributed by atoms with Gasteiger partial charge in [0.15, 0.2) is 5.76 Å². The van der Waals surface area contributed by atoms with Gasteiger partial charge in [0, 0.05) is 29.5 Å². The van der Waals surface area contributed by atoms with Crippen molar-refractivity contribution in [1.82, 2.24) is 16.0 Å². The largest absolute Gasteiger partial charge is 0.490 e. The van der Waals surface area contributed by atoms with Gasteiger partial charge in [0.1, 0.15) is 12.1 Å². The smallest absolute Gasteiger partial charge is 0.373 e. The summed E-state index contributed by atoms with van der Waals surface area (Å²) in [5.74, 6) is -1.03. The van der Waals surface area contributed by atoms with Crippen LogP contribution >= 0.6 is 11.6 Å². The van der Waals surface area contributed by atoms with Crippen LogP contribution in [0.4, 0.5) is 0 Å². The molecule has 0 aromatic carbocycles. The number of cyclic esters (lactones) is 1. The van der Waals surface area contributed by atoms with Crippen molar-refractivity contribution in [2.75, 3.05) is 7.11 Å². The summed E-state index contributed by atoms with van der Waals surface area (Å²) in [6.07, 6.45) is 15.0. The first kappa shape index (κ1) is 39.8. The standard InChI is InChI=1S/C34H52ClN3O7/c1-22(2)37-33(42)44-26(17-16-25(5)35)14-12-20-36-31(40)30(34(6,7)8)38-29(39)15-11-10-13-23(3)21-24(4)27-18-19-28(43-9)32(41)45-27/h10-13,15-16,19-22,24,26-27,30,33,37,42H,14,17-18H2,1-9H3,(H,36,40)(H,38,39)/b13-10+,15-11+,20-12-,23-21+,25-16+. The van der Waals surface area contributed by atoms with Crippen LogP contribution in [-0.4, -0.2) is 60.7 Å². The van der Waals surface area contributed by atoms with Crippen LogP contribution in [0.25, 0.3) is 0 Å². The van der Waals surface area contributed by atoms with Crippen molar-refractivity contribution >= 4 is 29.4 Å². The van der Waals surface area contributed by atoms with Gasteiger partial charge in [0.25, 0.3) is 0 Å². The first-order chi connectivity index (χ1) is 21.0. The Morgan fingerprint density at radius 3 is 2.40 bits per heavy atom. The van der Waals surface area contributed by atoms with Crippen molar-refractivity contribution in [3.8, 4) is 0 Å². The number of aliphatic hydroxyl groups excluding tert-OH is 1. The number of hydrogen-bond acceptors (Lipinski definition) is 8. The van der Waals surface area contributed by atoms with Crippen LogP contribution in [0.15, 0.2) is 71.2 Å². The highest BCUT2D eigenvalue weighted by atomic mass is 35.5. The van der Waals surface area contributed by atoms with Crippen molar-refractivity contribution < 1.29 is 33.7 Å². The quantitative estimate of drug-likeness (QED) is 0.0725. The minimum atomic E-state index is -1.14. The molecule has 5 atom stereocenters. The fourth-order valence-corrected chi connectivity index (χ4v) is 4.37. The predicted molar refractivity (Wildman–Crippen MR) is 177 cm³/mol. The lowest BCUT2D eigenvalue weighted by Gasteiger charge is -2.29. The van der Waals surface area contributed by atoms with Crippen molar-refractivity contribution in [1.29, 1.82) is 0 Å². The van der Waals surface area contributed by atoms with Crippen LogP contribution in [0.3, 0.4) is 0 Å². The van der Waals surface area contributed by atoms with Crippen LogP contribution in [-0.2, 0) is 28.6 Å². The highest BCUT2D eigenvalue weighted by Crippen LogP contribution is 2.23. The average Bonchev–Trinajstić information content (AvgIpc) is 2.93. The van der Waals surface area contributed by atoms with Gasteiger partial charge in [-0.15, -0.1) is 0 Å². The molecule has 1 rings (SSSR count). The number of methoxy groups -OCH3 is 1. The Hall–Kier alpha value is -3.18. The molecule has 2 amide bonds. The third-order valence-corrected chi connectivity index (χ3v) is 6.82. The van der Waals surface area contributed by atoms with Gasteiger partial charge in [-0.3, -0.25) is 14.9 Å². The van der Waals surface area contributed by atoms with Crippen molar-refractivity contribution in [3.63, 3.8) is 0 Å². The third kappa shape index (κ3) is 16.6. The van der Waals surface area contributed by atoms with E-state index < -0.39 is 29.7 Å². The number of esters is 1. The van der Waals surface area contributed by atoms with Gasteiger partial charge < -0.3 is 30.0 Å². The van der Waals surface area contributed by atoms with Gasteiger partial charge in [-0.05, 0) is 58.2 Å². The summed E-state index contributed by atoms with van der Waals surface area (Å²) in [5.41, 5.74) is 0.381. The Labute approximate surface area is 273 Å². The zero-order valence-corrected chi connectivity index (χ0v) is 28.8. The van der Waals surface area contributed by atoms with Gasteiger partial charge in [-0.1, -0.05) is 81.3 Å². The molecule has 4 N–H and O–H groups in total. The molecule has 1 heterocycles. The molecule has 5 unspecified atom stereocenters. The van der Waals surface area contributed by atoms with Gasteiger partial charge in [0.2, 0.25) is 18.2 Å².